The van der Waals surface area contributed by atoms with Crippen LogP contribution in [0.15, 0.2) is 33.9 Å². The quantitative estimate of drug-likeness (QED) is 0.490. The zero-order valence-corrected chi connectivity index (χ0v) is 16.1. The summed E-state index contributed by atoms with van der Waals surface area (Å²) in [5.74, 6) is 0.626. The van der Waals surface area contributed by atoms with E-state index in [1.807, 2.05) is 17.6 Å². The van der Waals surface area contributed by atoms with Crippen LogP contribution in [0.25, 0.3) is 11.0 Å². The lowest BCUT2D eigenvalue weighted by Crippen LogP contribution is -2.14. The van der Waals surface area contributed by atoms with Crippen LogP contribution in [0.3, 0.4) is 0 Å². The molecule has 142 valence electrons. The number of aryl methyl sites for hydroxylation is 2. The molecule has 1 N–H and O–H groups in total. The van der Waals surface area contributed by atoms with Crippen molar-refractivity contribution >= 4 is 40.5 Å². The third-order valence-electron chi connectivity index (χ3n) is 3.77. The first-order chi connectivity index (χ1) is 13.0. The van der Waals surface area contributed by atoms with Gasteiger partial charge in [0, 0.05) is 12.6 Å². The molecule has 0 radical (unpaired) electrons. The molecule has 2 aromatic heterocycles. The minimum absolute atomic E-state index is 0.181. The van der Waals surface area contributed by atoms with E-state index in [0.717, 1.165) is 5.52 Å². The van der Waals surface area contributed by atoms with Gasteiger partial charge in [0.25, 0.3) is 0 Å². The summed E-state index contributed by atoms with van der Waals surface area (Å²) in [7, 11) is 0. The van der Waals surface area contributed by atoms with Crippen molar-refractivity contribution in [1.29, 1.82) is 0 Å². The predicted octanol–water partition coefficient (Wildman–Crippen LogP) is 3.26. The highest BCUT2D eigenvalue weighted by Crippen LogP contribution is 2.25. The number of nitrogens with one attached hydrogen (secondary N) is 1. The number of rotatable bonds is 7. The number of hydrogen-bond donors (Lipinski definition) is 1. The largest absolute Gasteiger partial charge is 0.462 e. The fourth-order valence-corrected chi connectivity index (χ4v) is 3.48. The lowest BCUT2D eigenvalue weighted by molar-refractivity contribution is -0.113. The second-order valence-electron chi connectivity index (χ2n) is 5.72. The standard InChI is InChI=1S/C18H20N4O4S/c1-4-22-14-7-6-12(17(24)25-5-2)9-13(14)19-18(22)27-10-16(23)20-15-8-11(3)26-21-15/h6-9H,4-5,10H2,1-3H3,(H,20,21,23). The van der Waals surface area contributed by atoms with Crippen molar-refractivity contribution in [1.82, 2.24) is 14.7 Å². The van der Waals surface area contributed by atoms with Crippen molar-refractivity contribution in [2.45, 2.75) is 32.5 Å². The lowest BCUT2D eigenvalue weighted by atomic mass is 10.2. The number of hydrogen-bond acceptors (Lipinski definition) is 7. The number of thioether (sulfide) groups is 1. The van der Waals surface area contributed by atoms with E-state index in [1.54, 1.807) is 32.0 Å². The maximum atomic E-state index is 12.1. The Morgan fingerprint density at radius 3 is 2.78 bits per heavy atom. The minimum atomic E-state index is -0.373. The summed E-state index contributed by atoms with van der Waals surface area (Å²) in [6.45, 7) is 6.54. The molecule has 0 spiro atoms. The first-order valence-electron chi connectivity index (χ1n) is 8.55. The molecule has 0 saturated heterocycles. The van der Waals surface area contributed by atoms with Crippen molar-refractivity contribution in [3.63, 3.8) is 0 Å². The number of esters is 1. The van der Waals surface area contributed by atoms with Crippen molar-refractivity contribution in [3.05, 3.63) is 35.6 Å². The Balaban J connectivity index is 1.75. The second kappa shape index (κ2) is 8.26. The van der Waals surface area contributed by atoms with Crippen molar-refractivity contribution in [2.24, 2.45) is 0 Å². The van der Waals surface area contributed by atoms with Gasteiger partial charge in [0.1, 0.15) is 5.76 Å². The summed E-state index contributed by atoms with van der Waals surface area (Å²) in [6, 6.07) is 6.94. The van der Waals surface area contributed by atoms with E-state index in [2.05, 4.69) is 15.5 Å². The smallest absolute Gasteiger partial charge is 0.338 e. The zero-order valence-electron chi connectivity index (χ0n) is 15.3. The molecular formula is C18H20N4O4S. The molecule has 1 aromatic carbocycles. The summed E-state index contributed by atoms with van der Waals surface area (Å²) in [6.07, 6.45) is 0. The van der Waals surface area contributed by atoms with Crippen LogP contribution >= 0.6 is 11.8 Å². The number of anilines is 1. The molecule has 0 aliphatic rings. The Morgan fingerprint density at radius 1 is 1.30 bits per heavy atom. The van der Waals surface area contributed by atoms with Crippen LogP contribution in [-0.2, 0) is 16.1 Å². The van der Waals surface area contributed by atoms with Gasteiger partial charge in [-0.3, -0.25) is 4.79 Å². The molecule has 0 aliphatic heterocycles. The van der Waals surface area contributed by atoms with Crippen LogP contribution in [0.5, 0.6) is 0 Å². The van der Waals surface area contributed by atoms with Gasteiger partial charge in [-0.25, -0.2) is 9.78 Å². The molecule has 1 amide bonds. The molecule has 0 bridgehead atoms. The number of nitrogens with zero attached hydrogens (tertiary/aromatic N) is 3. The lowest BCUT2D eigenvalue weighted by Gasteiger charge is -2.06. The number of amides is 1. The fraction of sp³-hybridized carbons (Fsp3) is 0.333. The molecule has 0 aliphatic carbocycles. The third kappa shape index (κ3) is 4.30. The van der Waals surface area contributed by atoms with Crippen molar-refractivity contribution in [2.75, 3.05) is 17.7 Å². The Labute approximate surface area is 160 Å². The van der Waals surface area contributed by atoms with E-state index in [4.69, 9.17) is 9.26 Å². The highest BCUT2D eigenvalue weighted by atomic mass is 32.2. The summed E-state index contributed by atoms with van der Waals surface area (Å²) >= 11 is 1.32. The highest BCUT2D eigenvalue weighted by Gasteiger charge is 2.15. The van der Waals surface area contributed by atoms with Gasteiger partial charge in [0.2, 0.25) is 5.91 Å². The van der Waals surface area contributed by atoms with Crippen LogP contribution in [0.2, 0.25) is 0 Å². The Hall–Kier alpha value is -2.81. The Morgan fingerprint density at radius 2 is 2.11 bits per heavy atom. The predicted molar refractivity (Wildman–Crippen MR) is 102 cm³/mol. The monoisotopic (exact) mass is 388 g/mol. The number of fused-ring (bicyclic) bond motifs is 1. The molecule has 3 aromatic rings. The molecule has 3 rings (SSSR count). The number of benzene rings is 1. The van der Waals surface area contributed by atoms with E-state index in [1.165, 1.54) is 11.8 Å². The minimum Gasteiger partial charge on any atom is -0.462 e. The summed E-state index contributed by atoms with van der Waals surface area (Å²) in [4.78, 5) is 28.6. The topological polar surface area (TPSA) is 99.2 Å². The van der Waals surface area contributed by atoms with Gasteiger partial charge in [-0.05, 0) is 39.0 Å². The molecule has 0 atom stereocenters. The molecule has 0 saturated carbocycles. The number of carbonyl (C=O) groups excluding carboxylic acids is 2. The fourth-order valence-electron chi connectivity index (χ4n) is 2.60. The highest BCUT2D eigenvalue weighted by molar-refractivity contribution is 7.99. The number of imidazole rings is 1. The number of aromatic nitrogens is 3. The maximum Gasteiger partial charge on any atom is 0.338 e. The first-order valence-corrected chi connectivity index (χ1v) is 9.53. The van der Waals surface area contributed by atoms with Gasteiger partial charge in [0.15, 0.2) is 11.0 Å². The Kier molecular flexibility index (Phi) is 5.80. The molecule has 0 unspecified atom stereocenters. The average Bonchev–Trinajstić information content (AvgIpc) is 3.21. The van der Waals surface area contributed by atoms with Crippen LogP contribution in [0.1, 0.15) is 30.0 Å². The normalized spacial score (nSPS) is 10.9. The van der Waals surface area contributed by atoms with Crippen LogP contribution in [0.4, 0.5) is 5.82 Å². The maximum absolute atomic E-state index is 12.1. The van der Waals surface area contributed by atoms with Gasteiger partial charge >= 0.3 is 5.97 Å². The van der Waals surface area contributed by atoms with Gasteiger partial charge in [-0.2, -0.15) is 0 Å². The molecule has 27 heavy (non-hydrogen) atoms. The van der Waals surface area contributed by atoms with E-state index in [9.17, 15) is 9.59 Å². The molecule has 0 fully saturated rings. The number of carbonyl (C=O) groups is 2. The number of ether oxygens (including phenoxy) is 1. The van der Waals surface area contributed by atoms with Crippen LogP contribution < -0.4 is 5.32 Å². The SMILES string of the molecule is CCOC(=O)c1ccc2c(c1)nc(SCC(=O)Nc1cc(C)on1)n2CC. The molecule has 8 nitrogen and oxygen atoms in total. The van der Waals surface area contributed by atoms with E-state index in [0.29, 0.717) is 41.0 Å². The molecule has 9 heteroatoms. The Bertz CT molecular complexity index is 979. The van der Waals surface area contributed by atoms with E-state index < -0.39 is 0 Å². The summed E-state index contributed by atoms with van der Waals surface area (Å²) in [5, 5.41) is 7.13. The van der Waals surface area contributed by atoms with Gasteiger partial charge in [0.05, 0.1) is 29.0 Å². The summed E-state index contributed by atoms with van der Waals surface area (Å²) < 4.78 is 12.0. The van der Waals surface area contributed by atoms with Crippen molar-refractivity contribution in [3.8, 4) is 0 Å². The average molecular weight is 388 g/mol. The zero-order chi connectivity index (χ0) is 19.4. The van der Waals surface area contributed by atoms with Crippen LogP contribution in [-0.4, -0.2) is 38.9 Å². The molecule has 2 heterocycles. The third-order valence-corrected chi connectivity index (χ3v) is 4.74. The second-order valence-corrected chi connectivity index (χ2v) is 6.66. The van der Waals surface area contributed by atoms with E-state index >= 15 is 0 Å². The van der Waals surface area contributed by atoms with Crippen molar-refractivity contribution < 1.29 is 18.8 Å². The molecular weight excluding hydrogens is 368 g/mol. The van der Waals surface area contributed by atoms with Gasteiger partial charge < -0.3 is 19.1 Å². The summed E-state index contributed by atoms with van der Waals surface area (Å²) in [5.41, 5.74) is 2.05. The first kappa shape index (κ1) is 19.0. The van der Waals surface area contributed by atoms with Crippen LogP contribution in [0, 0.1) is 6.92 Å². The van der Waals surface area contributed by atoms with E-state index in [-0.39, 0.29) is 17.6 Å². The van der Waals surface area contributed by atoms with Gasteiger partial charge in [-0.15, -0.1) is 0 Å². The van der Waals surface area contributed by atoms with Gasteiger partial charge in [-0.1, -0.05) is 16.9 Å².